The number of aromatic nitrogens is 1. The summed E-state index contributed by atoms with van der Waals surface area (Å²) in [7, 11) is 0. The molecule has 0 amide bonds. The first-order valence-electron chi connectivity index (χ1n) is 9.24. The number of halogens is 1. The van der Waals surface area contributed by atoms with Crippen LogP contribution in [0.3, 0.4) is 0 Å². The predicted octanol–water partition coefficient (Wildman–Crippen LogP) is 8.02. The van der Waals surface area contributed by atoms with Gasteiger partial charge in [-0.25, -0.2) is 9.38 Å². The molecule has 1 aromatic heterocycles. The standard InChI is InChI=1S/C23H15FN2S4/c24-16-11-13-17(14-12-16)25-22-28-19(15-7-3-1-4-8-15)20-21(30-22)26(23(27)29-20)18-9-5-2-6-10-18/h1-14,19H. The summed E-state index contributed by atoms with van der Waals surface area (Å²) in [5, 5.41) is 1.21. The molecule has 2 nitrogen and oxygen atoms in total. The highest BCUT2D eigenvalue weighted by Gasteiger charge is 2.32. The summed E-state index contributed by atoms with van der Waals surface area (Å²) in [6, 6.07) is 26.9. The minimum Gasteiger partial charge on any atom is -0.286 e. The van der Waals surface area contributed by atoms with E-state index in [9.17, 15) is 4.39 Å². The molecule has 0 saturated heterocycles. The van der Waals surface area contributed by atoms with Gasteiger partial charge in [0.05, 0.1) is 15.8 Å². The molecule has 0 bridgehead atoms. The fraction of sp³-hybridized carbons (Fsp3) is 0.0435. The second-order valence-corrected chi connectivity index (χ2v) is 10.6. The number of thiazole rings is 1. The fourth-order valence-corrected chi connectivity index (χ4v) is 7.72. The highest BCUT2D eigenvalue weighted by Crippen LogP contribution is 2.52. The van der Waals surface area contributed by atoms with Crippen LogP contribution in [0.25, 0.3) is 5.69 Å². The number of fused-ring (bicyclic) bond motifs is 1. The molecule has 4 aromatic rings. The van der Waals surface area contributed by atoms with Crippen molar-refractivity contribution in [2.45, 2.75) is 10.3 Å². The summed E-state index contributed by atoms with van der Waals surface area (Å²) in [6.07, 6.45) is 0. The maximum atomic E-state index is 13.3. The van der Waals surface area contributed by atoms with E-state index >= 15 is 0 Å². The average molecular weight is 467 g/mol. The lowest BCUT2D eigenvalue weighted by Gasteiger charge is -2.24. The van der Waals surface area contributed by atoms with E-state index < -0.39 is 0 Å². The number of hydrogen-bond acceptors (Lipinski definition) is 5. The number of thioether (sulfide) groups is 2. The summed E-state index contributed by atoms with van der Waals surface area (Å²) >= 11 is 10.8. The summed E-state index contributed by atoms with van der Waals surface area (Å²) < 4.78 is 17.2. The van der Waals surface area contributed by atoms with Crippen LogP contribution >= 0.6 is 47.1 Å². The van der Waals surface area contributed by atoms with E-state index in [1.165, 1.54) is 22.6 Å². The second kappa shape index (κ2) is 8.51. The predicted molar refractivity (Wildman–Crippen MR) is 130 cm³/mol. The molecule has 3 aromatic carbocycles. The van der Waals surface area contributed by atoms with E-state index in [2.05, 4.69) is 41.0 Å². The Labute approximate surface area is 191 Å². The molecule has 0 spiro atoms. The lowest BCUT2D eigenvalue weighted by Crippen LogP contribution is -2.08. The highest BCUT2D eigenvalue weighted by atomic mass is 32.2. The molecule has 30 heavy (non-hydrogen) atoms. The van der Waals surface area contributed by atoms with Gasteiger partial charge in [-0.1, -0.05) is 60.3 Å². The van der Waals surface area contributed by atoms with Crippen LogP contribution in [0.1, 0.15) is 15.7 Å². The third kappa shape index (κ3) is 3.90. The maximum Gasteiger partial charge on any atom is 0.166 e. The molecule has 0 saturated carbocycles. The summed E-state index contributed by atoms with van der Waals surface area (Å²) in [5.41, 5.74) is 3.00. The van der Waals surface area contributed by atoms with E-state index in [0.717, 1.165) is 24.7 Å². The highest BCUT2D eigenvalue weighted by molar-refractivity contribution is 8.39. The normalized spacial score (nSPS) is 17.1. The Balaban J connectivity index is 1.66. The van der Waals surface area contributed by atoms with Crippen molar-refractivity contribution in [1.82, 2.24) is 4.57 Å². The SMILES string of the molecule is Fc1ccc(N=C2Sc3c(sc(=S)n3-c3ccccc3)C(c3ccccc3)S2)cc1. The van der Waals surface area contributed by atoms with Crippen molar-refractivity contribution in [3.8, 4) is 5.69 Å². The largest absolute Gasteiger partial charge is 0.286 e. The van der Waals surface area contributed by atoms with Crippen molar-refractivity contribution in [3.63, 3.8) is 0 Å². The van der Waals surface area contributed by atoms with Crippen molar-refractivity contribution >= 4 is 57.1 Å². The number of para-hydroxylation sites is 1. The van der Waals surface area contributed by atoms with Crippen LogP contribution in [0, 0.1) is 9.77 Å². The van der Waals surface area contributed by atoms with Crippen molar-refractivity contribution in [2.75, 3.05) is 0 Å². The van der Waals surface area contributed by atoms with Gasteiger partial charge in [-0.05, 0) is 65.9 Å². The van der Waals surface area contributed by atoms with E-state index in [1.807, 2.05) is 24.3 Å². The minimum atomic E-state index is -0.261. The Morgan fingerprint density at radius 1 is 0.867 bits per heavy atom. The number of rotatable bonds is 3. The number of benzene rings is 3. The molecule has 1 unspecified atom stereocenters. The molecule has 0 radical (unpaired) electrons. The molecule has 0 aliphatic carbocycles. The maximum absolute atomic E-state index is 13.3. The molecule has 1 aliphatic rings. The first-order chi connectivity index (χ1) is 14.7. The smallest absolute Gasteiger partial charge is 0.166 e. The molecule has 5 rings (SSSR count). The number of hydrogen-bond donors (Lipinski definition) is 0. The van der Waals surface area contributed by atoms with Gasteiger partial charge in [-0.15, -0.1) is 11.3 Å². The van der Waals surface area contributed by atoms with E-state index in [0.29, 0.717) is 0 Å². The van der Waals surface area contributed by atoms with E-state index in [4.69, 9.17) is 17.2 Å². The molecule has 1 aliphatic heterocycles. The quantitative estimate of drug-likeness (QED) is 0.285. The Morgan fingerprint density at radius 2 is 1.53 bits per heavy atom. The van der Waals surface area contributed by atoms with Crippen molar-refractivity contribution < 1.29 is 4.39 Å². The Morgan fingerprint density at radius 3 is 2.23 bits per heavy atom. The Bertz CT molecular complexity index is 1260. The molecular formula is C23H15FN2S4. The zero-order valence-corrected chi connectivity index (χ0v) is 18.8. The molecule has 148 valence electrons. The number of aliphatic imine (C=N–C) groups is 1. The first-order valence-corrected chi connectivity index (χ1v) is 12.2. The topological polar surface area (TPSA) is 17.3 Å². The summed E-state index contributed by atoms with van der Waals surface area (Å²) in [4.78, 5) is 6.05. The van der Waals surface area contributed by atoms with Gasteiger partial charge in [0.2, 0.25) is 0 Å². The van der Waals surface area contributed by atoms with Gasteiger partial charge >= 0.3 is 0 Å². The van der Waals surface area contributed by atoms with E-state index in [1.54, 1.807) is 47.0 Å². The second-order valence-electron chi connectivity index (χ2n) is 6.57. The zero-order valence-electron chi connectivity index (χ0n) is 15.6. The van der Waals surface area contributed by atoms with Crippen molar-refractivity contribution in [3.05, 3.63) is 105 Å². The molecule has 2 heterocycles. The zero-order chi connectivity index (χ0) is 20.5. The van der Waals surface area contributed by atoms with Crippen molar-refractivity contribution in [2.24, 2.45) is 4.99 Å². The molecule has 0 N–H and O–H groups in total. The molecular weight excluding hydrogens is 452 g/mol. The van der Waals surface area contributed by atoms with Crippen LogP contribution in [0.4, 0.5) is 10.1 Å². The summed E-state index contributed by atoms with van der Waals surface area (Å²) in [5.74, 6) is -0.261. The van der Waals surface area contributed by atoms with Crippen LogP contribution in [0.5, 0.6) is 0 Å². The van der Waals surface area contributed by atoms with Crippen LogP contribution in [-0.2, 0) is 0 Å². The third-order valence-electron chi connectivity index (χ3n) is 4.60. The van der Waals surface area contributed by atoms with Gasteiger partial charge in [0.25, 0.3) is 0 Å². The monoisotopic (exact) mass is 466 g/mol. The first kappa shape index (κ1) is 19.8. The van der Waals surface area contributed by atoms with Crippen LogP contribution in [0.2, 0.25) is 0 Å². The van der Waals surface area contributed by atoms with Crippen LogP contribution < -0.4 is 0 Å². The van der Waals surface area contributed by atoms with Gasteiger partial charge in [0.1, 0.15) is 15.2 Å². The lowest BCUT2D eigenvalue weighted by atomic mass is 10.1. The van der Waals surface area contributed by atoms with Crippen LogP contribution in [-0.4, -0.2) is 8.94 Å². The molecule has 1 atom stereocenters. The van der Waals surface area contributed by atoms with E-state index in [-0.39, 0.29) is 11.1 Å². The van der Waals surface area contributed by atoms with Crippen LogP contribution in [0.15, 0.2) is 94.9 Å². The lowest BCUT2D eigenvalue weighted by molar-refractivity contribution is 0.628. The van der Waals surface area contributed by atoms with Gasteiger partial charge in [-0.2, -0.15) is 0 Å². The summed E-state index contributed by atoms with van der Waals surface area (Å²) in [6.45, 7) is 0. The van der Waals surface area contributed by atoms with Gasteiger partial charge in [0, 0.05) is 5.69 Å². The van der Waals surface area contributed by atoms with Gasteiger partial charge in [-0.3, -0.25) is 4.57 Å². The third-order valence-corrected chi connectivity index (χ3v) is 8.75. The fourth-order valence-electron chi connectivity index (χ4n) is 3.22. The van der Waals surface area contributed by atoms with Gasteiger partial charge < -0.3 is 0 Å². The molecule has 7 heteroatoms. The number of nitrogens with zero attached hydrogens (tertiary/aromatic N) is 2. The minimum absolute atomic E-state index is 0.110. The van der Waals surface area contributed by atoms with Crippen molar-refractivity contribution in [1.29, 1.82) is 0 Å². The Kier molecular flexibility index (Phi) is 5.60. The molecule has 0 fully saturated rings. The Hall–Kier alpha value is -2.19. The average Bonchev–Trinajstić information content (AvgIpc) is 3.11. The van der Waals surface area contributed by atoms with Gasteiger partial charge in [0.15, 0.2) is 3.95 Å².